The molecule has 3 heteroatoms. The molecule has 0 saturated carbocycles. The summed E-state index contributed by atoms with van der Waals surface area (Å²) in [4.78, 5) is 0. The molecule has 1 nitrogen and oxygen atoms in total. The van der Waals surface area contributed by atoms with Gasteiger partial charge >= 0.3 is 0 Å². The van der Waals surface area contributed by atoms with E-state index in [4.69, 9.17) is 0 Å². The molecule has 0 bridgehead atoms. The van der Waals surface area contributed by atoms with Crippen LogP contribution >= 0.6 is 0 Å². The zero-order chi connectivity index (χ0) is 13.1. The molecule has 0 fully saturated rings. The van der Waals surface area contributed by atoms with E-state index in [1.807, 2.05) is 0 Å². The Morgan fingerprint density at radius 2 is 1.61 bits per heavy atom. The molecule has 0 amide bonds. The van der Waals surface area contributed by atoms with Crippen molar-refractivity contribution in [3.05, 3.63) is 70.8 Å². The third-order valence-corrected chi connectivity index (χ3v) is 2.97. The minimum absolute atomic E-state index is 0.285. The highest BCUT2D eigenvalue weighted by molar-refractivity contribution is 5.29. The van der Waals surface area contributed by atoms with Gasteiger partial charge in [0.1, 0.15) is 11.6 Å². The summed E-state index contributed by atoms with van der Waals surface area (Å²) in [6, 6.07) is 10.2. The predicted molar refractivity (Wildman–Crippen MR) is 66.2 cm³/mol. The summed E-state index contributed by atoms with van der Waals surface area (Å²) >= 11 is 0. The van der Waals surface area contributed by atoms with E-state index in [2.05, 4.69) is 0 Å². The lowest BCUT2D eigenvalue weighted by molar-refractivity contribution is 0.178. The van der Waals surface area contributed by atoms with Gasteiger partial charge in [0, 0.05) is 6.42 Å². The highest BCUT2D eigenvalue weighted by Gasteiger charge is 2.10. The van der Waals surface area contributed by atoms with E-state index >= 15 is 0 Å². The van der Waals surface area contributed by atoms with E-state index in [1.165, 1.54) is 24.3 Å². The Kier molecular flexibility index (Phi) is 3.72. The summed E-state index contributed by atoms with van der Waals surface area (Å²) in [6.07, 6.45) is -0.327. The molecule has 18 heavy (non-hydrogen) atoms. The Balaban J connectivity index is 2.15. The molecular formula is C15H14F2O. The molecule has 1 N–H and O–H groups in total. The summed E-state index contributed by atoms with van der Waals surface area (Å²) in [7, 11) is 0. The number of rotatable bonds is 3. The van der Waals surface area contributed by atoms with Crippen LogP contribution in [-0.2, 0) is 6.42 Å². The summed E-state index contributed by atoms with van der Waals surface area (Å²) in [5, 5.41) is 10.0. The van der Waals surface area contributed by atoms with Gasteiger partial charge in [0.05, 0.1) is 6.10 Å². The van der Waals surface area contributed by atoms with E-state index in [0.29, 0.717) is 12.0 Å². The van der Waals surface area contributed by atoms with E-state index in [9.17, 15) is 13.9 Å². The maximum atomic E-state index is 12.9. The van der Waals surface area contributed by atoms with Gasteiger partial charge < -0.3 is 5.11 Å². The van der Waals surface area contributed by atoms with Gasteiger partial charge in [-0.1, -0.05) is 18.2 Å². The number of halogens is 2. The number of aryl methyl sites for hydroxylation is 1. The van der Waals surface area contributed by atoms with Crippen molar-refractivity contribution in [2.24, 2.45) is 0 Å². The van der Waals surface area contributed by atoms with Gasteiger partial charge in [0.15, 0.2) is 0 Å². The fraction of sp³-hybridized carbons (Fsp3) is 0.200. The van der Waals surface area contributed by atoms with Crippen LogP contribution in [0.5, 0.6) is 0 Å². The molecular weight excluding hydrogens is 234 g/mol. The fourth-order valence-electron chi connectivity index (χ4n) is 1.90. The SMILES string of the molecule is Cc1cc(F)ccc1CC(O)c1ccc(F)cc1. The topological polar surface area (TPSA) is 20.2 Å². The fourth-order valence-corrected chi connectivity index (χ4v) is 1.90. The lowest BCUT2D eigenvalue weighted by Gasteiger charge is -2.13. The first kappa shape index (κ1) is 12.7. The molecule has 0 heterocycles. The zero-order valence-electron chi connectivity index (χ0n) is 10.0. The lowest BCUT2D eigenvalue weighted by atomic mass is 9.98. The van der Waals surface area contributed by atoms with Gasteiger partial charge in [-0.15, -0.1) is 0 Å². The van der Waals surface area contributed by atoms with E-state index in [-0.39, 0.29) is 11.6 Å². The molecule has 2 rings (SSSR count). The first-order valence-electron chi connectivity index (χ1n) is 5.75. The Bertz CT molecular complexity index is 535. The molecule has 0 saturated heterocycles. The third kappa shape index (κ3) is 2.93. The number of hydrogen-bond donors (Lipinski definition) is 1. The molecule has 0 spiro atoms. The molecule has 0 aromatic heterocycles. The van der Waals surface area contributed by atoms with Crippen molar-refractivity contribution in [1.29, 1.82) is 0 Å². The first-order valence-corrected chi connectivity index (χ1v) is 5.75. The second-order valence-electron chi connectivity index (χ2n) is 4.34. The van der Waals surface area contributed by atoms with Crippen LogP contribution in [0.2, 0.25) is 0 Å². The predicted octanol–water partition coefficient (Wildman–Crippen LogP) is 3.55. The Hall–Kier alpha value is -1.74. The van der Waals surface area contributed by atoms with Crippen LogP contribution in [0.1, 0.15) is 22.8 Å². The molecule has 2 aromatic carbocycles. The third-order valence-electron chi connectivity index (χ3n) is 2.97. The van der Waals surface area contributed by atoms with Crippen LogP contribution in [-0.4, -0.2) is 5.11 Å². The molecule has 0 radical (unpaired) electrons. The maximum Gasteiger partial charge on any atom is 0.123 e. The summed E-state index contributed by atoms with van der Waals surface area (Å²) < 4.78 is 25.7. The highest BCUT2D eigenvalue weighted by atomic mass is 19.1. The van der Waals surface area contributed by atoms with Gasteiger partial charge in [-0.05, 0) is 47.9 Å². The monoisotopic (exact) mass is 248 g/mol. The van der Waals surface area contributed by atoms with E-state index in [1.54, 1.807) is 25.1 Å². The molecule has 94 valence electrons. The van der Waals surface area contributed by atoms with Crippen LogP contribution in [0.25, 0.3) is 0 Å². The zero-order valence-corrected chi connectivity index (χ0v) is 10.0. The van der Waals surface area contributed by atoms with Gasteiger partial charge in [0.2, 0.25) is 0 Å². The van der Waals surface area contributed by atoms with Gasteiger partial charge in [-0.25, -0.2) is 8.78 Å². The molecule has 0 aliphatic rings. The van der Waals surface area contributed by atoms with Crippen molar-refractivity contribution in [2.45, 2.75) is 19.4 Å². The molecule has 1 atom stereocenters. The first-order chi connectivity index (χ1) is 8.56. The second kappa shape index (κ2) is 5.27. The Morgan fingerprint density at radius 3 is 2.22 bits per heavy atom. The summed E-state index contributed by atoms with van der Waals surface area (Å²) in [6.45, 7) is 1.80. The van der Waals surface area contributed by atoms with Crippen molar-refractivity contribution in [3.63, 3.8) is 0 Å². The van der Waals surface area contributed by atoms with Gasteiger partial charge in [0.25, 0.3) is 0 Å². The van der Waals surface area contributed by atoms with Crippen molar-refractivity contribution in [2.75, 3.05) is 0 Å². The maximum absolute atomic E-state index is 12.9. The molecule has 1 unspecified atom stereocenters. The van der Waals surface area contributed by atoms with Crippen molar-refractivity contribution >= 4 is 0 Å². The lowest BCUT2D eigenvalue weighted by Crippen LogP contribution is -2.03. The largest absolute Gasteiger partial charge is 0.388 e. The summed E-state index contributed by atoms with van der Waals surface area (Å²) in [5.41, 5.74) is 2.34. The normalized spacial score (nSPS) is 12.4. The number of aliphatic hydroxyl groups excluding tert-OH is 1. The van der Waals surface area contributed by atoms with Crippen LogP contribution in [0, 0.1) is 18.6 Å². The smallest absolute Gasteiger partial charge is 0.123 e. The number of hydrogen-bond acceptors (Lipinski definition) is 1. The van der Waals surface area contributed by atoms with Crippen molar-refractivity contribution in [3.8, 4) is 0 Å². The average Bonchev–Trinajstić information content (AvgIpc) is 2.33. The van der Waals surface area contributed by atoms with Gasteiger partial charge in [-0.3, -0.25) is 0 Å². The van der Waals surface area contributed by atoms with Crippen molar-refractivity contribution in [1.82, 2.24) is 0 Å². The second-order valence-corrected chi connectivity index (χ2v) is 4.34. The number of benzene rings is 2. The van der Waals surface area contributed by atoms with Crippen molar-refractivity contribution < 1.29 is 13.9 Å². The van der Waals surface area contributed by atoms with Crippen LogP contribution < -0.4 is 0 Å². The quantitative estimate of drug-likeness (QED) is 0.880. The Morgan fingerprint density at radius 1 is 1.00 bits per heavy atom. The molecule has 0 aliphatic carbocycles. The minimum atomic E-state index is -0.713. The Labute approximate surface area is 105 Å². The average molecular weight is 248 g/mol. The minimum Gasteiger partial charge on any atom is -0.388 e. The van der Waals surface area contributed by atoms with Crippen LogP contribution in [0.3, 0.4) is 0 Å². The molecule has 0 aliphatic heterocycles. The molecule has 2 aromatic rings. The van der Waals surface area contributed by atoms with Gasteiger partial charge in [-0.2, -0.15) is 0 Å². The van der Waals surface area contributed by atoms with E-state index < -0.39 is 6.10 Å². The van der Waals surface area contributed by atoms with E-state index in [0.717, 1.165) is 11.1 Å². The highest BCUT2D eigenvalue weighted by Crippen LogP contribution is 2.21. The summed E-state index contributed by atoms with van der Waals surface area (Å²) in [5.74, 6) is -0.614. The standard InChI is InChI=1S/C15H14F2O/c1-10-8-14(17)7-4-12(10)9-15(18)11-2-5-13(16)6-3-11/h2-8,15,18H,9H2,1H3. The van der Waals surface area contributed by atoms with Crippen LogP contribution in [0.15, 0.2) is 42.5 Å². The van der Waals surface area contributed by atoms with Crippen LogP contribution in [0.4, 0.5) is 8.78 Å². The number of aliphatic hydroxyl groups is 1.